The van der Waals surface area contributed by atoms with Gasteiger partial charge in [-0.15, -0.1) is 0 Å². The molecule has 0 aliphatic carbocycles. The van der Waals surface area contributed by atoms with Crippen LogP contribution >= 0.6 is 0 Å². The molecule has 0 aliphatic heterocycles. The standard InChI is InChI=1S/5ClH.Fe.Ti/h5*1H;;/q;;;;;2*+2/p-5. The number of hydrogen-bond acceptors (Lipinski definition) is 0. The minimum Gasteiger partial charge on any atom is -1.00 e. The molecule has 0 saturated carbocycles. The van der Waals surface area contributed by atoms with Crippen LogP contribution in [0.2, 0.25) is 0 Å². The van der Waals surface area contributed by atoms with E-state index in [0.29, 0.717) is 0 Å². The first-order valence-electron chi connectivity index (χ1n) is 0. The van der Waals surface area contributed by atoms with E-state index in [9.17, 15) is 0 Å². The first-order chi connectivity index (χ1) is 0. The molecule has 7 heteroatoms. The summed E-state index contributed by atoms with van der Waals surface area (Å²) in [6, 6.07) is 0. The summed E-state index contributed by atoms with van der Waals surface area (Å²) in [7, 11) is 0. The van der Waals surface area contributed by atoms with Gasteiger partial charge >= 0.3 is 38.8 Å². The fourth-order valence-electron chi connectivity index (χ4n) is 0. The van der Waals surface area contributed by atoms with E-state index in [2.05, 4.69) is 0 Å². The SMILES string of the molecule is [Cl-].[Cl-].[Cl-].[Cl-].[Cl-].[Fe+2].[Ti+2]. The fourth-order valence-corrected chi connectivity index (χ4v) is 0. The Hall–Kier alpha value is 2.68. The van der Waals surface area contributed by atoms with Gasteiger partial charge in [0.25, 0.3) is 0 Å². The molecular weight excluding hydrogens is 281 g/mol. The first kappa shape index (κ1) is 101. The minimum atomic E-state index is 0. The molecule has 0 N–H and O–H groups in total. The van der Waals surface area contributed by atoms with Gasteiger partial charge in [0.1, 0.15) is 0 Å². The van der Waals surface area contributed by atoms with Crippen LogP contribution in [0.4, 0.5) is 0 Å². The van der Waals surface area contributed by atoms with Gasteiger partial charge in [-0.2, -0.15) is 0 Å². The molecule has 0 amide bonds. The molecule has 48 valence electrons. The zero-order chi connectivity index (χ0) is 0. The van der Waals surface area contributed by atoms with Gasteiger partial charge in [0, 0.05) is 0 Å². The van der Waals surface area contributed by atoms with Crippen LogP contribution in [0.3, 0.4) is 0 Å². The maximum Gasteiger partial charge on any atom is 2.00 e. The van der Waals surface area contributed by atoms with Gasteiger partial charge in [0.15, 0.2) is 0 Å². The Morgan fingerprint density at radius 2 is 0.429 bits per heavy atom. The van der Waals surface area contributed by atoms with Crippen LogP contribution in [-0.4, -0.2) is 0 Å². The summed E-state index contributed by atoms with van der Waals surface area (Å²) in [6.45, 7) is 0. The van der Waals surface area contributed by atoms with Crippen LogP contribution in [-0.2, 0) is 38.8 Å². The van der Waals surface area contributed by atoms with Gasteiger partial charge in [0.05, 0.1) is 0 Å². The van der Waals surface area contributed by atoms with Crippen molar-refractivity contribution in [3.8, 4) is 0 Å². The molecule has 0 aromatic carbocycles. The van der Waals surface area contributed by atoms with E-state index in [1.165, 1.54) is 0 Å². The van der Waals surface area contributed by atoms with Gasteiger partial charge in [-0.3, -0.25) is 0 Å². The normalized spacial score (nSPS) is 0. The molecule has 0 heterocycles. The molecule has 0 aromatic rings. The second kappa shape index (κ2) is 71.2. The zero-order valence-corrected chi connectivity index (χ0v) is 9.19. The minimum absolute atomic E-state index is 0. The maximum absolute atomic E-state index is 0. The predicted molar refractivity (Wildman–Crippen MR) is 0 cm³/mol. The summed E-state index contributed by atoms with van der Waals surface area (Å²) in [6.07, 6.45) is 0. The summed E-state index contributed by atoms with van der Waals surface area (Å²) >= 11 is 0. The molecule has 0 unspecified atom stereocenters. The van der Waals surface area contributed by atoms with Crippen LogP contribution in [0.5, 0.6) is 0 Å². The Bertz CT molecular complexity index is 8.04. The largest absolute Gasteiger partial charge is 2.00 e. The summed E-state index contributed by atoms with van der Waals surface area (Å²) in [4.78, 5) is 0. The summed E-state index contributed by atoms with van der Waals surface area (Å²) in [5, 5.41) is 0. The molecule has 0 fully saturated rings. The van der Waals surface area contributed by atoms with Crippen molar-refractivity contribution in [3.63, 3.8) is 0 Å². The van der Waals surface area contributed by atoms with Crippen molar-refractivity contribution in [1.29, 1.82) is 0 Å². The van der Waals surface area contributed by atoms with E-state index in [4.69, 9.17) is 0 Å². The molecule has 0 bridgehead atoms. The molecule has 7 heavy (non-hydrogen) atoms. The molecule has 0 radical (unpaired) electrons. The van der Waals surface area contributed by atoms with Crippen molar-refractivity contribution in [1.82, 2.24) is 0 Å². The topological polar surface area (TPSA) is 0 Å². The van der Waals surface area contributed by atoms with Crippen molar-refractivity contribution >= 4 is 0 Å². The molecule has 0 aromatic heterocycles. The van der Waals surface area contributed by atoms with Crippen LogP contribution in [0.15, 0.2) is 0 Å². The van der Waals surface area contributed by atoms with Crippen molar-refractivity contribution < 1.29 is 101 Å². The molecule has 0 spiro atoms. The Balaban J connectivity index is 0. The first-order valence-corrected chi connectivity index (χ1v) is 0. The van der Waals surface area contributed by atoms with Gasteiger partial charge in [-0.25, -0.2) is 0 Å². The van der Waals surface area contributed by atoms with Gasteiger partial charge < -0.3 is 62.0 Å². The number of hydrogen-bond donors (Lipinski definition) is 0. The van der Waals surface area contributed by atoms with Crippen LogP contribution in [0.25, 0.3) is 0 Å². The Kier molecular flexibility index (Phi) is 1030. The number of halogens is 5. The quantitative estimate of drug-likeness (QED) is 0.387. The Labute approximate surface area is 99.7 Å². The second-order valence-electron chi connectivity index (χ2n) is 0. The van der Waals surface area contributed by atoms with Crippen LogP contribution in [0, 0.1) is 0 Å². The van der Waals surface area contributed by atoms with Crippen molar-refractivity contribution in [2.24, 2.45) is 0 Å². The summed E-state index contributed by atoms with van der Waals surface area (Å²) in [5.41, 5.74) is 0. The third-order valence-corrected chi connectivity index (χ3v) is 0. The van der Waals surface area contributed by atoms with E-state index >= 15 is 0 Å². The second-order valence-corrected chi connectivity index (χ2v) is 0. The number of rotatable bonds is 0. The smallest absolute Gasteiger partial charge is 1.00 e. The average Bonchev–Trinajstić information content (AvgIpc) is 0. The van der Waals surface area contributed by atoms with Crippen LogP contribution in [0.1, 0.15) is 0 Å². The van der Waals surface area contributed by atoms with Gasteiger partial charge in [-0.1, -0.05) is 0 Å². The molecule has 0 rings (SSSR count). The molecular formula is Cl5FeTi-. The molecule has 0 atom stereocenters. The average molecular weight is 281 g/mol. The fraction of sp³-hybridized carbons (Fsp3) is 0. The van der Waals surface area contributed by atoms with E-state index in [1.54, 1.807) is 0 Å². The third-order valence-electron chi connectivity index (χ3n) is 0. The van der Waals surface area contributed by atoms with Crippen LogP contribution < -0.4 is 62.0 Å². The molecule has 0 nitrogen and oxygen atoms in total. The maximum atomic E-state index is 0. The van der Waals surface area contributed by atoms with E-state index < -0.39 is 0 Å². The van der Waals surface area contributed by atoms with Crippen molar-refractivity contribution in [3.05, 3.63) is 0 Å². The monoisotopic (exact) mass is 279 g/mol. The zero-order valence-electron chi connectivity index (χ0n) is 2.74. The molecule has 0 saturated heterocycles. The summed E-state index contributed by atoms with van der Waals surface area (Å²) in [5.74, 6) is 0. The summed E-state index contributed by atoms with van der Waals surface area (Å²) < 4.78 is 0. The van der Waals surface area contributed by atoms with Gasteiger partial charge in [-0.05, 0) is 0 Å². The van der Waals surface area contributed by atoms with E-state index in [0.717, 1.165) is 0 Å². The van der Waals surface area contributed by atoms with Gasteiger partial charge in [0.2, 0.25) is 0 Å². The van der Waals surface area contributed by atoms with Crippen molar-refractivity contribution in [2.45, 2.75) is 0 Å². The third kappa shape index (κ3) is 53.9. The van der Waals surface area contributed by atoms with E-state index in [-0.39, 0.29) is 101 Å². The Morgan fingerprint density at radius 1 is 0.429 bits per heavy atom. The van der Waals surface area contributed by atoms with Crippen molar-refractivity contribution in [2.75, 3.05) is 0 Å². The predicted octanol–water partition coefficient (Wildman–Crippen LogP) is -15.0. The molecule has 0 aliphatic rings. The Morgan fingerprint density at radius 3 is 0.429 bits per heavy atom. The van der Waals surface area contributed by atoms with E-state index in [1.807, 2.05) is 0 Å².